The van der Waals surface area contributed by atoms with Gasteiger partial charge in [-0.3, -0.25) is 14.6 Å². The summed E-state index contributed by atoms with van der Waals surface area (Å²) in [6.45, 7) is -0.133. The highest BCUT2D eigenvalue weighted by atomic mass is 16.3. The second kappa shape index (κ2) is 5.21. The summed E-state index contributed by atoms with van der Waals surface area (Å²) in [4.78, 5) is 29.0. The van der Waals surface area contributed by atoms with Crippen LogP contribution in [0.4, 0.5) is 11.6 Å². The lowest BCUT2D eigenvalue weighted by atomic mass is 10.2. The summed E-state index contributed by atoms with van der Waals surface area (Å²) in [6.07, 6.45) is 0. The highest BCUT2D eigenvalue weighted by molar-refractivity contribution is 6.00. The van der Waals surface area contributed by atoms with E-state index in [2.05, 4.69) is 15.3 Å². The van der Waals surface area contributed by atoms with Crippen molar-refractivity contribution < 1.29 is 9.90 Å². The number of rotatable bonds is 4. The number of nitrogen functional groups attached to an aromatic ring is 1. The molecule has 0 fully saturated rings. The number of hydrogen-bond donors (Lipinski definition) is 4. The summed E-state index contributed by atoms with van der Waals surface area (Å²) < 4.78 is 0. The van der Waals surface area contributed by atoms with Crippen LogP contribution in [0.15, 0.2) is 35.1 Å². The second-order valence-corrected chi connectivity index (χ2v) is 3.79. The first-order valence-electron chi connectivity index (χ1n) is 5.49. The molecule has 0 spiro atoms. The number of aromatic hydroxyl groups is 1. The number of carbonyl (C=O) groups excluding carboxylic acids is 1. The van der Waals surface area contributed by atoms with Crippen molar-refractivity contribution in [3.63, 3.8) is 0 Å². The van der Waals surface area contributed by atoms with Crippen molar-refractivity contribution in [1.82, 2.24) is 9.97 Å². The molecule has 0 bridgehead atoms. The molecule has 98 valence electrons. The molecule has 1 aromatic heterocycles. The molecule has 19 heavy (non-hydrogen) atoms. The Morgan fingerprint density at radius 1 is 1.37 bits per heavy atom. The first-order valence-corrected chi connectivity index (χ1v) is 5.49. The summed E-state index contributed by atoms with van der Waals surface area (Å²) in [7, 11) is 0. The number of nitrogens with zero attached hydrogens (tertiary/aromatic N) is 1. The summed E-state index contributed by atoms with van der Waals surface area (Å²) in [6, 6.07) is 9.01. The molecule has 0 aliphatic carbocycles. The van der Waals surface area contributed by atoms with Gasteiger partial charge in [0.25, 0.3) is 5.56 Å². The number of carbonyl (C=O) groups is 1. The topological polar surface area (TPSA) is 121 Å². The number of aromatic amines is 1. The third-order valence-corrected chi connectivity index (χ3v) is 2.42. The Morgan fingerprint density at radius 3 is 2.68 bits per heavy atom. The molecule has 5 N–H and O–H groups in total. The molecule has 0 saturated heterocycles. The van der Waals surface area contributed by atoms with Crippen LogP contribution in [0.25, 0.3) is 0 Å². The van der Waals surface area contributed by atoms with Crippen molar-refractivity contribution in [2.24, 2.45) is 0 Å². The van der Waals surface area contributed by atoms with Gasteiger partial charge in [0, 0.05) is 5.69 Å². The monoisotopic (exact) mass is 260 g/mol. The fraction of sp³-hybridized carbons (Fsp3) is 0.0833. The molecular weight excluding hydrogens is 248 g/mol. The molecule has 0 aliphatic heterocycles. The molecule has 7 heteroatoms. The van der Waals surface area contributed by atoms with Crippen LogP contribution in [0, 0.1) is 0 Å². The summed E-state index contributed by atoms with van der Waals surface area (Å²) in [5.41, 5.74) is 4.81. The van der Waals surface area contributed by atoms with Gasteiger partial charge < -0.3 is 16.2 Å². The van der Waals surface area contributed by atoms with Gasteiger partial charge in [-0.15, -0.1) is 0 Å². The minimum Gasteiger partial charge on any atom is -0.493 e. The maximum Gasteiger partial charge on any atom is 0.267 e. The zero-order valence-corrected chi connectivity index (χ0v) is 9.88. The zero-order valence-electron chi connectivity index (χ0n) is 9.88. The Balaban J connectivity index is 2.15. The Bertz CT molecular complexity index is 652. The third-order valence-electron chi connectivity index (χ3n) is 2.42. The standard InChI is InChI=1S/C12H12N4O3/c13-12-15-10(18)9(11(19)16-12)8(17)6-14-7-4-2-1-3-5-7/h1-5,14H,6H2,(H4,13,15,16,18,19). The number of para-hydroxylation sites is 1. The Hall–Kier alpha value is -2.83. The van der Waals surface area contributed by atoms with Gasteiger partial charge in [-0.2, -0.15) is 4.98 Å². The van der Waals surface area contributed by atoms with Crippen LogP contribution in [0.1, 0.15) is 10.4 Å². The van der Waals surface area contributed by atoms with Crippen molar-refractivity contribution in [2.75, 3.05) is 17.6 Å². The van der Waals surface area contributed by atoms with E-state index in [9.17, 15) is 14.7 Å². The first-order chi connectivity index (χ1) is 9.08. The zero-order chi connectivity index (χ0) is 13.8. The fourth-order valence-electron chi connectivity index (χ4n) is 1.56. The number of nitrogens with two attached hydrogens (primary N) is 1. The van der Waals surface area contributed by atoms with Gasteiger partial charge in [-0.25, -0.2) is 0 Å². The van der Waals surface area contributed by atoms with Crippen molar-refractivity contribution in [3.05, 3.63) is 46.2 Å². The van der Waals surface area contributed by atoms with Crippen LogP contribution in [0.5, 0.6) is 5.88 Å². The predicted octanol–water partition coefficient (Wildman–Crippen LogP) is 0.352. The van der Waals surface area contributed by atoms with Crippen LogP contribution >= 0.6 is 0 Å². The van der Waals surface area contributed by atoms with Gasteiger partial charge in [0.2, 0.25) is 11.8 Å². The average Bonchev–Trinajstić information content (AvgIpc) is 2.36. The molecule has 0 radical (unpaired) electrons. The molecule has 0 unspecified atom stereocenters. The number of anilines is 2. The number of Topliss-reactive ketones (excluding diaryl/α,β-unsaturated/α-hetero) is 1. The molecular formula is C12H12N4O3. The second-order valence-electron chi connectivity index (χ2n) is 3.79. The Morgan fingerprint density at radius 2 is 2.05 bits per heavy atom. The third kappa shape index (κ3) is 2.89. The smallest absolute Gasteiger partial charge is 0.267 e. The van der Waals surface area contributed by atoms with E-state index in [1.165, 1.54) is 0 Å². The van der Waals surface area contributed by atoms with Gasteiger partial charge in [-0.1, -0.05) is 18.2 Å². The number of ketones is 1. The van der Waals surface area contributed by atoms with Crippen molar-refractivity contribution in [1.29, 1.82) is 0 Å². The van der Waals surface area contributed by atoms with Crippen LogP contribution in [-0.4, -0.2) is 27.4 Å². The van der Waals surface area contributed by atoms with Crippen LogP contribution in [0.3, 0.4) is 0 Å². The van der Waals surface area contributed by atoms with Crippen molar-refractivity contribution in [3.8, 4) is 5.88 Å². The normalized spacial score (nSPS) is 10.1. The van der Waals surface area contributed by atoms with E-state index < -0.39 is 22.8 Å². The number of hydrogen-bond acceptors (Lipinski definition) is 6. The molecule has 1 heterocycles. The lowest BCUT2D eigenvalue weighted by Gasteiger charge is -2.06. The molecule has 1 aromatic carbocycles. The fourth-order valence-corrected chi connectivity index (χ4v) is 1.56. The van der Waals surface area contributed by atoms with E-state index in [1.807, 2.05) is 18.2 Å². The average molecular weight is 260 g/mol. The SMILES string of the molecule is Nc1nc(O)c(C(=O)CNc2ccccc2)c(=O)[nH]1. The van der Waals surface area contributed by atoms with E-state index in [0.29, 0.717) is 0 Å². The first kappa shape index (κ1) is 12.6. The van der Waals surface area contributed by atoms with Gasteiger partial charge in [0.05, 0.1) is 6.54 Å². The molecule has 0 aliphatic rings. The maximum atomic E-state index is 11.8. The van der Waals surface area contributed by atoms with Gasteiger partial charge in [-0.05, 0) is 12.1 Å². The highest BCUT2D eigenvalue weighted by Gasteiger charge is 2.17. The number of aromatic nitrogens is 2. The van der Waals surface area contributed by atoms with Crippen LogP contribution < -0.4 is 16.6 Å². The van der Waals surface area contributed by atoms with E-state index in [-0.39, 0.29) is 12.5 Å². The van der Waals surface area contributed by atoms with Crippen molar-refractivity contribution in [2.45, 2.75) is 0 Å². The van der Waals surface area contributed by atoms with E-state index >= 15 is 0 Å². The predicted molar refractivity (Wildman–Crippen MR) is 70.2 cm³/mol. The number of nitrogens with one attached hydrogen (secondary N) is 2. The molecule has 0 saturated carbocycles. The lowest BCUT2D eigenvalue weighted by Crippen LogP contribution is -2.25. The summed E-state index contributed by atoms with van der Waals surface area (Å²) >= 11 is 0. The largest absolute Gasteiger partial charge is 0.493 e. The molecule has 2 aromatic rings. The highest BCUT2D eigenvalue weighted by Crippen LogP contribution is 2.11. The number of benzene rings is 1. The molecule has 0 amide bonds. The quantitative estimate of drug-likeness (QED) is 0.589. The Labute approximate surface area is 108 Å². The van der Waals surface area contributed by atoms with Gasteiger partial charge in [0.1, 0.15) is 5.56 Å². The Kier molecular flexibility index (Phi) is 3.46. The molecule has 7 nitrogen and oxygen atoms in total. The minimum atomic E-state index is -0.759. The minimum absolute atomic E-state index is 0.133. The van der Waals surface area contributed by atoms with E-state index in [0.717, 1.165) is 5.69 Å². The van der Waals surface area contributed by atoms with E-state index in [4.69, 9.17) is 5.73 Å². The lowest BCUT2D eigenvalue weighted by molar-refractivity contribution is 0.100. The molecule has 2 rings (SSSR count). The van der Waals surface area contributed by atoms with Crippen LogP contribution in [0.2, 0.25) is 0 Å². The maximum absolute atomic E-state index is 11.8. The number of H-pyrrole nitrogens is 1. The van der Waals surface area contributed by atoms with Gasteiger partial charge in [0.15, 0.2) is 5.78 Å². The molecule has 0 atom stereocenters. The van der Waals surface area contributed by atoms with Crippen LogP contribution in [-0.2, 0) is 0 Å². The van der Waals surface area contributed by atoms with Gasteiger partial charge >= 0.3 is 0 Å². The summed E-state index contributed by atoms with van der Waals surface area (Å²) in [5.74, 6) is -1.48. The van der Waals surface area contributed by atoms with E-state index in [1.54, 1.807) is 12.1 Å². The van der Waals surface area contributed by atoms with Crippen molar-refractivity contribution >= 4 is 17.4 Å². The summed E-state index contributed by atoms with van der Waals surface area (Å²) in [5, 5.41) is 12.3.